The smallest absolute Gasteiger partial charge is 0.329 e. The third-order valence-corrected chi connectivity index (χ3v) is 9.47. The Morgan fingerprint density at radius 2 is 1.79 bits per heavy atom. The van der Waals surface area contributed by atoms with Crippen LogP contribution in [-0.4, -0.2) is 70.2 Å². The summed E-state index contributed by atoms with van der Waals surface area (Å²) in [7, 11) is 1.61. The lowest BCUT2D eigenvalue weighted by atomic mass is 9.77. The van der Waals surface area contributed by atoms with Crippen LogP contribution in [0.3, 0.4) is 0 Å². The van der Waals surface area contributed by atoms with Gasteiger partial charge in [-0.25, -0.2) is 14.8 Å². The van der Waals surface area contributed by atoms with Crippen LogP contribution in [0.1, 0.15) is 99.6 Å². The minimum Gasteiger partial charge on any atom is -0.497 e. The first kappa shape index (κ1) is 35.6. The molecule has 1 amide bonds. The molecule has 2 aromatic rings. The van der Waals surface area contributed by atoms with E-state index in [9.17, 15) is 14.4 Å². The van der Waals surface area contributed by atoms with Gasteiger partial charge in [0.1, 0.15) is 35.3 Å². The van der Waals surface area contributed by atoms with Crippen LogP contribution in [0.5, 0.6) is 11.6 Å². The molecule has 2 bridgehead atoms. The number of aromatic nitrogens is 2. The molecule has 1 aliphatic carbocycles. The van der Waals surface area contributed by atoms with Crippen LogP contribution < -0.4 is 9.47 Å². The molecule has 48 heavy (non-hydrogen) atoms. The third kappa shape index (κ3) is 8.47. The number of nitrogens with zero attached hydrogens (tertiary/aromatic N) is 3. The molecule has 10 heteroatoms. The Kier molecular flexibility index (Phi) is 10.4. The minimum atomic E-state index is -0.910. The Balaban J connectivity index is 1.62. The molecule has 10 nitrogen and oxygen atoms in total. The number of hydrogen-bond acceptors (Lipinski definition) is 9. The summed E-state index contributed by atoms with van der Waals surface area (Å²) < 4.78 is 24.1. The molecular formula is C38H53N3O7. The van der Waals surface area contributed by atoms with Gasteiger partial charge in [-0.05, 0) is 88.3 Å². The van der Waals surface area contributed by atoms with Gasteiger partial charge in [0.15, 0.2) is 0 Å². The fourth-order valence-electron chi connectivity index (χ4n) is 6.92. The number of carbonyl (C=O) groups is 3. The summed E-state index contributed by atoms with van der Waals surface area (Å²) in [4.78, 5) is 53.5. The molecule has 2 fully saturated rings. The number of esters is 2. The number of ether oxygens (including phenoxy) is 4. The zero-order valence-corrected chi connectivity index (χ0v) is 30.1. The maximum atomic E-state index is 14.7. The molecule has 0 spiro atoms. The van der Waals surface area contributed by atoms with Crippen LogP contribution in [0, 0.1) is 29.1 Å². The largest absolute Gasteiger partial charge is 0.497 e. The monoisotopic (exact) mass is 663 g/mol. The molecule has 0 N–H and O–H groups in total. The molecule has 6 atom stereocenters. The average Bonchev–Trinajstić information content (AvgIpc) is 3.62. The molecule has 1 aromatic carbocycles. The molecule has 3 aliphatic rings. The van der Waals surface area contributed by atoms with Gasteiger partial charge >= 0.3 is 11.9 Å². The van der Waals surface area contributed by atoms with Crippen LogP contribution >= 0.6 is 0 Å². The molecule has 0 unspecified atom stereocenters. The number of amides is 1. The van der Waals surface area contributed by atoms with Crippen molar-refractivity contribution in [3.63, 3.8) is 0 Å². The summed E-state index contributed by atoms with van der Waals surface area (Å²) in [6, 6.07) is 4.63. The fourth-order valence-corrected chi connectivity index (χ4v) is 6.92. The second-order valence-corrected chi connectivity index (χ2v) is 16.2. The predicted molar refractivity (Wildman–Crippen MR) is 183 cm³/mol. The number of rotatable bonds is 4. The van der Waals surface area contributed by atoms with Crippen LogP contribution in [0.25, 0.3) is 17.1 Å². The summed E-state index contributed by atoms with van der Waals surface area (Å²) in [6.07, 6.45) is 7.41. The molecule has 0 radical (unpaired) electrons. The van der Waals surface area contributed by atoms with Crippen molar-refractivity contribution in [2.75, 3.05) is 13.7 Å². The van der Waals surface area contributed by atoms with Crippen LogP contribution in [0.2, 0.25) is 0 Å². The lowest BCUT2D eigenvalue weighted by molar-refractivity contribution is -0.167. The van der Waals surface area contributed by atoms with Crippen LogP contribution in [-0.2, 0) is 23.9 Å². The maximum absolute atomic E-state index is 14.7. The summed E-state index contributed by atoms with van der Waals surface area (Å²) in [5.74, 6) is -0.743. The first-order chi connectivity index (χ1) is 22.5. The van der Waals surface area contributed by atoms with Gasteiger partial charge in [0.2, 0.25) is 11.8 Å². The van der Waals surface area contributed by atoms with E-state index in [1.165, 1.54) is 0 Å². The Hall–Kier alpha value is -3.69. The van der Waals surface area contributed by atoms with Crippen molar-refractivity contribution in [1.82, 2.24) is 14.9 Å². The first-order valence-corrected chi connectivity index (χ1v) is 17.5. The zero-order chi connectivity index (χ0) is 35.0. The highest BCUT2D eigenvalue weighted by atomic mass is 16.6. The normalized spacial score (nSPS) is 27.7. The van der Waals surface area contributed by atoms with Crippen LogP contribution in [0.15, 0.2) is 24.3 Å². The van der Waals surface area contributed by atoms with Crippen molar-refractivity contribution in [2.24, 2.45) is 29.1 Å². The van der Waals surface area contributed by atoms with E-state index >= 15 is 0 Å². The van der Waals surface area contributed by atoms with Crippen molar-refractivity contribution < 1.29 is 33.3 Å². The van der Waals surface area contributed by atoms with Gasteiger partial charge in [-0.3, -0.25) is 9.59 Å². The summed E-state index contributed by atoms with van der Waals surface area (Å²) in [6.45, 7) is 15.6. The SMILES string of the molecule is COc1ccc2nc3c(nc2c1)O[C@H]1CN(C(=O)[C@H](C(C)(C)C)CC(=O)O[C@@H]2C[C@H]2CCC/C=C/3)[C@H](C(=O)OC(C)(C)C)[C@@H]1CC(C)C. The third-order valence-electron chi connectivity index (χ3n) is 9.47. The molecule has 262 valence electrons. The van der Waals surface area contributed by atoms with Gasteiger partial charge < -0.3 is 23.8 Å². The quantitative estimate of drug-likeness (QED) is 0.326. The second kappa shape index (κ2) is 14.0. The summed E-state index contributed by atoms with van der Waals surface area (Å²) >= 11 is 0. The molecule has 5 rings (SSSR count). The number of allylic oxidation sites excluding steroid dienone is 1. The topological polar surface area (TPSA) is 117 Å². The van der Waals surface area contributed by atoms with Crippen molar-refractivity contribution in [3.8, 4) is 11.6 Å². The lowest BCUT2D eigenvalue weighted by Gasteiger charge is -2.36. The van der Waals surface area contributed by atoms with Gasteiger partial charge in [-0.15, -0.1) is 0 Å². The minimum absolute atomic E-state index is 0.0612. The van der Waals surface area contributed by atoms with E-state index in [-0.39, 0.29) is 36.9 Å². The van der Waals surface area contributed by atoms with Gasteiger partial charge in [-0.1, -0.05) is 40.7 Å². The predicted octanol–water partition coefficient (Wildman–Crippen LogP) is 6.78. The van der Waals surface area contributed by atoms with Gasteiger partial charge in [0.05, 0.1) is 37.0 Å². The zero-order valence-electron chi connectivity index (χ0n) is 30.1. The van der Waals surface area contributed by atoms with Crippen molar-refractivity contribution in [3.05, 3.63) is 30.0 Å². The van der Waals surface area contributed by atoms with E-state index in [1.807, 2.05) is 65.8 Å². The van der Waals surface area contributed by atoms with Crippen molar-refractivity contribution in [1.29, 1.82) is 0 Å². The van der Waals surface area contributed by atoms with Crippen molar-refractivity contribution >= 4 is 35.0 Å². The summed E-state index contributed by atoms with van der Waals surface area (Å²) in [5, 5.41) is 0. The maximum Gasteiger partial charge on any atom is 0.329 e. The number of methoxy groups -OCH3 is 1. The number of hydrogen-bond donors (Lipinski definition) is 0. The van der Waals surface area contributed by atoms with E-state index in [2.05, 4.69) is 19.9 Å². The molecule has 3 heterocycles. The molecule has 1 aromatic heterocycles. The van der Waals surface area contributed by atoms with E-state index in [0.29, 0.717) is 40.7 Å². The van der Waals surface area contributed by atoms with E-state index in [4.69, 9.17) is 28.9 Å². The highest BCUT2D eigenvalue weighted by molar-refractivity contribution is 5.90. The molecule has 2 aliphatic heterocycles. The standard InChI is InChI=1S/C38H53N3O7/c1-22(2)17-25-31-21-41(33(25)36(44)48-38(6,7)8)35(43)26(37(3,4)5)20-32(42)46-30-18-23(30)13-11-10-12-14-28-34(47-31)40-29-19-24(45-9)15-16-27(29)39-28/h12,14-16,19,22-23,25-26,30-31,33H,10-11,13,17-18,20-21H2,1-9H3/b14-12+/t23-,25-,26-,30-,31+,33+/m1/s1. The number of fused-ring (bicyclic) bond motifs is 5. The fraction of sp³-hybridized carbons (Fsp3) is 0.658. The Labute approximate surface area is 284 Å². The van der Waals surface area contributed by atoms with Gasteiger partial charge in [0, 0.05) is 12.0 Å². The highest BCUT2D eigenvalue weighted by Gasteiger charge is 2.53. The molecule has 1 saturated heterocycles. The van der Waals surface area contributed by atoms with E-state index in [1.54, 1.807) is 12.0 Å². The molecule has 1 saturated carbocycles. The number of benzene rings is 1. The van der Waals surface area contributed by atoms with Gasteiger partial charge in [0.25, 0.3) is 0 Å². The Bertz CT molecular complexity index is 1540. The van der Waals surface area contributed by atoms with E-state index < -0.39 is 41.0 Å². The second-order valence-electron chi connectivity index (χ2n) is 16.2. The van der Waals surface area contributed by atoms with Crippen molar-refractivity contribution in [2.45, 2.75) is 118 Å². The van der Waals surface area contributed by atoms with Crippen LogP contribution in [0.4, 0.5) is 0 Å². The first-order valence-electron chi connectivity index (χ1n) is 17.5. The average molecular weight is 664 g/mol. The highest BCUT2D eigenvalue weighted by Crippen LogP contribution is 2.42. The Morgan fingerprint density at radius 3 is 2.46 bits per heavy atom. The molecular weight excluding hydrogens is 610 g/mol. The lowest BCUT2D eigenvalue weighted by Crippen LogP contribution is -2.50. The Morgan fingerprint density at radius 1 is 1.04 bits per heavy atom. The number of carbonyl (C=O) groups excluding carboxylic acids is 3. The van der Waals surface area contributed by atoms with E-state index in [0.717, 1.165) is 25.7 Å². The van der Waals surface area contributed by atoms with Gasteiger partial charge in [-0.2, -0.15) is 0 Å². The summed E-state index contributed by atoms with van der Waals surface area (Å²) in [5.41, 5.74) is 0.556.